The fraction of sp³-hybridized carbons (Fsp3) is 0.259. The fourth-order valence-electron chi connectivity index (χ4n) is 4.54. The molecule has 0 radical (unpaired) electrons. The summed E-state index contributed by atoms with van der Waals surface area (Å²) in [5.41, 5.74) is 3.47. The van der Waals surface area contributed by atoms with E-state index in [0.717, 1.165) is 15.6 Å². The predicted molar refractivity (Wildman–Crippen MR) is 140 cm³/mol. The van der Waals surface area contributed by atoms with Crippen LogP contribution in [0.3, 0.4) is 0 Å². The lowest BCUT2D eigenvalue weighted by Crippen LogP contribution is -2.04. The second kappa shape index (κ2) is 10.1. The van der Waals surface area contributed by atoms with Crippen LogP contribution >= 0.6 is 23.3 Å². The number of aromatic carboxylic acids is 1. The van der Waals surface area contributed by atoms with E-state index in [1.165, 1.54) is 73.6 Å². The number of carbonyl (C=O) groups is 1. The van der Waals surface area contributed by atoms with Crippen molar-refractivity contribution in [2.45, 2.75) is 43.0 Å². The maximum absolute atomic E-state index is 11.2. The Hall–Kier alpha value is -3.03. The summed E-state index contributed by atoms with van der Waals surface area (Å²) in [6.45, 7) is 0. The SMILES string of the molecule is COc1cc(C(=O)O)ccc1NSc1csc(-c2ccc3ccc(C4CCCCC4)cc3c2)n1. The molecule has 1 aromatic heterocycles. The molecule has 1 saturated carbocycles. The van der Waals surface area contributed by atoms with E-state index in [1.807, 2.05) is 5.38 Å². The van der Waals surface area contributed by atoms with Crippen LogP contribution in [0.5, 0.6) is 5.75 Å². The zero-order valence-electron chi connectivity index (χ0n) is 18.9. The lowest BCUT2D eigenvalue weighted by atomic mass is 9.83. The van der Waals surface area contributed by atoms with Gasteiger partial charge in [-0.1, -0.05) is 49.6 Å². The molecule has 0 aliphatic heterocycles. The number of carboxylic acids is 1. The highest BCUT2D eigenvalue weighted by atomic mass is 32.2. The van der Waals surface area contributed by atoms with Crippen molar-refractivity contribution < 1.29 is 14.6 Å². The summed E-state index contributed by atoms with van der Waals surface area (Å²) in [6, 6.07) is 18.2. The molecule has 1 fully saturated rings. The van der Waals surface area contributed by atoms with Crippen molar-refractivity contribution in [1.82, 2.24) is 4.98 Å². The van der Waals surface area contributed by atoms with Gasteiger partial charge in [0.25, 0.3) is 0 Å². The monoisotopic (exact) mass is 490 g/mol. The van der Waals surface area contributed by atoms with Crippen molar-refractivity contribution in [3.8, 4) is 16.3 Å². The van der Waals surface area contributed by atoms with E-state index < -0.39 is 5.97 Å². The largest absolute Gasteiger partial charge is 0.495 e. The minimum atomic E-state index is -0.983. The number of hydrogen-bond donors (Lipinski definition) is 2. The normalized spacial score (nSPS) is 14.3. The molecule has 0 saturated heterocycles. The highest BCUT2D eigenvalue weighted by Gasteiger charge is 2.16. The van der Waals surface area contributed by atoms with E-state index in [9.17, 15) is 9.90 Å². The summed E-state index contributed by atoms with van der Waals surface area (Å²) in [4.78, 5) is 16.0. The van der Waals surface area contributed by atoms with E-state index in [1.54, 1.807) is 23.5 Å². The summed E-state index contributed by atoms with van der Waals surface area (Å²) in [6.07, 6.45) is 6.65. The van der Waals surface area contributed by atoms with Crippen LogP contribution in [0.2, 0.25) is 0 Å². The Bertz CT molecular complexity index is 1330. The third-order valence-electron chi connectivity index (χ3n) is 6.38. The lowest BCUT2D eigenvalue weighted by molar-refractivity contribution is 0.0696. The zero-order chi connectivity index (χ0) is 23.5. The van der Waals surface area contributed by atoms with Crippen molar-refractivity contribution in [1.29, 1.82) is 0 Å². The van der Waals surface area contributed by atoms with Crippen LogP contribution in [0.25, 0.3) is 21.3 Å². The molecule has 0 spiro atoms. The van der Waals surface area contributed by atoms with Crippen molar-refractivity contribution in [2.24, 2.45) is 0 Å². The Kier molecular flexibility index (Phi) is 6.74. The van der Waals surface area contributed by atoms with Crippen molar-refractivity contribution >= 4 is 45.7 Å². The molecule has 1 heterocycles. The number of rotatable bonds is 7. The number of ether oxygens (including phenoxy) is 1. The first kappa shape index (κ1) is 22.7. The molecule has 34 heavy (non-hydrogen) atoms. The maximum atomic E-state index is 11.2. The molecule has 1 aliphatic rings. The number of fused-ring (bicyclic) bond motifs is 1. The summed E-state index contributed by atoms with van der Waals surface area (Å²) in [5.74, 6) is 0.186. The topological polar surface area (TPSA) is 71.5 Å². The molecule has 4 aromatic rings. The molecular weight excluding hydrogens is 464 g/mol. The van der Waals surface area contributed by atoms with Crippen LogP contribution < -0.4 is 9.46 Å². The number of methoxy groups -OCH3 is 1. The Labute approximate surface area is 207 Å². The lowest BCUT2D eigenvalue weighted by Gasteiger charge is -2.22. The average Bonchev–Trinajstić information content (AvgIpc) is 3.36. The van der Waals surface area contributed by atoms with E-state index in [2.05, 4.69) is 41.1 Å². The van der Waals surface area contributed by atoms with Gasteiger partial charge < -0.3 is 14.6 Å². The van der Waals surface area contributed by atoms with Gasteiger partial charge in [-0.15, -0.1) is 11.3 Å². The Morgan fingerprint density at radius 3 is 2.68 bits per heavy atom. The summed E-state index contributed by atoms with van der Waals surface area (Å²) in [7, 11) is 1.52. The first-order valence-electron chi connectivity index (χ1n) is 11.4. The first-order valence-corrected chi connectivity index (χ1v) is 13.1. The fourth-order valence-corrected chi connectivity index (χ4v) is 6.14. The van der Waals surface area contributed by atoms with Gasteiger partial charge in [0, 0.05) is 22.9 Å². The summed E-state index contributed by atoms with van der Waals surface area (Å²) < 4.78 is 8.56. The van der Waals surface area contributed by atoms with Gasteiger partial charge in [-0.3, -0.25) is 0 Å². The van der Waals surface area contributed by atoms with Gasteiger partial charge in [-0.25, -0.2) is 9.78 Å². The van der Waals surface area contributed by atoms with Crippen LogP contribution in [0.15, 0.2) is 65.0 Å². The third kappa shape index (κ3) is 4.91. The predicted octanol–water partition coefficient (Wildman–Crippen LogP) is 7.84. The highest BCUT2D eigenvalue weighted by Crippen LogP contribution is 2.36. The molecule has 174 valence electrons. The zero-order valence-corrected chi connectivity index (χ0v) is 20.5. The molecule has 0 bridgehead atoms. The van der Waals surface area contributed by atoms with Crippen LogP contribution in [0.1, 0.15) is 53.9 Å². The maximum Gasteiger partial charge on any atom is 0.335 e. The van der Waals surface area contributed by atoms with E-state index in [-0.39, 0.29) is 5.56 Å². The number of anilines is 1. The smallest absolute Gasteiger partial charge is 0.335 e. The third-order valence-corrected chi connectivity index (χ3v) is 8.17. The number of hydrogen-bond acceptors (Lipinski definition) is 6. The number of nitrogens with zero attached hydrogens (tertiary/aromatic N) is 1. The number of benzene rings is 3. The van der Waals surface area contributed by atoms with E-state index >= 15 is 0 Å². The Morgan fingerprint density at radius 2 is 1.88 bits per heavy atom. The first-order chi connectivity index (χ1) is 16.6. The highest BCUT2D eigenvalue weighted by molar-refractivity contribution is 8.00. The standard InChI is InChI=1S/C27H26N2O3S2/c1-32-24-15-21(27(30)31)11-12-23(24)29-34-25-16-33-26(28-25)20-10-8-18-7-9-19(13-22(18)14-20)17-5-3-2-4-6-17/h7-17,29H,2-6H2,1H3,(H,30,31). The van der Waals surface area contributed by atoms with Gasteiger partial charge in [0.1, 0.15) is 15.8 Å². The molecule has 5 nitrogen and oxygen atoms in total. The summed E-state index contributed by atoms with van der Waals surface area (Å²) >= 11 is 2.99. The quantitative estimate of drug-likeness (QED) is 0.257. The average molecular weight is 491 g/mol. The van der Waals surface area contributed by atoms with Crippen LogP contribution in [-0.2, 0) is 0 Å². The molecular formula is C27H26N2O3S2. The van der Waals surface area contributed by atoms with Crippen LogP contribution in [-0.4, -0.2) is 23.2 Å². The molecule has 1 aliphatic carbocycles. The van der Waals surface area contributed by atoms with Crippen LogP contribution in [0, 0.1) is 0 Å². The van der Waals surface area contributed by atoms with Crippen molar-refractivity contribution in [3.05, 3.63) is 71.1 Å². The minimum Gasteiger partial charge on any atom is -0.495 e. The van der Waals surface area contributed by atoms with Gasteiger partial charge in [0.2, 0.25) is 0 Å². The second-order valence-corrected chi connectivity index (χ2v) is 10.3. The minimum absolute atomic E-state index is 0.186. The molecule has 2 N–H and O–H groups in total. The molecule has 0 unspecified atom stereocenters. The van der Waals surface area contributed by atoms with Gasteiger partial charge in [-0.2, -0.15) is 0 Å². The molecule has 0 atom stereocenters. The van der Waals surface area contributed by atoms with Gasteiger partial charge in [0.15, 0.2) is 0 Å². The molecule has 5 rings (SSSR count). The number of thiazole rings is 1. The Balaban J connectivity index is 1.33. The second-order valence-electron chi connectivity index (χ2n) is 8.57. The molecule has 7 heteroatoms. The van der Waals surface area contributed by atoms with Crippen molar-refractivity contribution in [3.63, 3.8) is 0 Å². The van der Waals surface area contributed by atoms with Gasteiger partial charge in [0.05, 0.1) is 18.4 Å². The van der Waals surface area contributed by atoms with Gasteiger partial charge in [-0.05, 0) is 59.4 Å². The molecule has 0 amide bonds. The van der Waals surface area contributed by atoms with Crippen molar-refractivity contribution in [2.75, 3.05) is 11.8 Å². The number of nitrogens with one attached hydrogen (secondary N) is 1. The molecule has 3 aromatic carbocycles. The van der Waals surface area contributed by atoms with E-state index in [0.29, 0.717) is 17.4 Å². The summed E-state index contributed by atoms with van der Waals surface area (Å²) in [5, 5.41) is 15.5. The van der Waals surface area contributed by atoms with E-state index in [4.69, 9.17) is 9.72 Å². The van der Waals surface area contributed by atoms with Gasteiger partial charge >= 0.3 is 5.97 Å². The number of aromatic nitrogens is 1. The number of carboxylic acid groups (broad SMARTS) is 1. The Morgan fingerprint density at radius 1 is 1.06 bits per heavy atom. The van der Waals surface area contributed by atoms with Crippen LogP contribution in [0.4, 0.5) is 5.69 Å².